The van der Waals surface area contributed by atoms with Crippen LogP contribution in [0.25, 0.3) is 0 Å². The predicted molar refractivity (Wildman–Crippen MR) is 130 cm³/mol. The third kappa shape index (κ3) is 11.9. The van der Waals surface area contributed by atoms with E-state index in [-0.39, 0.29) is 18.1 Å². The van der Waals surface area contributed by atoms with Crippen molar-refractivity contribution >= 4 is 24.1 Å². The highest BCUT2D eigenvalue weighted by Gasteiger charge is 2.25. The normalized spacial score (nSPS) is 15.1. The number of hydrogen-bond acceptors (Lipinski definition) is 6. The van der Waals surface area contributed by atoms with E-state index in [0.29, 0.717) is 19.6 Å². The van der Waals surface area contributed by atoms with Crippen molar-refractivity contribution in [3.63, 3.8) is 0 Å². The fourth-order valence-corrected chi connectivity index (χ4v) is 3.95. The summed E-state index contributed by atoms with van der Waals surface area (Å²) >= 11 is 1.79. The molecule has 6 nitrogen and oxygen atoms in total. The van der Waals surface area contributed by atoms with Crippen LogP contribution in [0.5, 0.6) is 0 Å². The van der Waals surface area contributed by atoms with Gasteiger partial charge in [0, 0.05) is 24.6 Å². The number of epoxide rings is 1. The van der Waals surface area contributed by atoms with Crippen LogP contribution < -0.4 is 10.6 Å². The summed E-state index contributed by atoms with van der Waals surface area (Å²) in [5.41, 5.74) is 2.60. The van der Waals surface area contributed by atoms with E-state index in [0.717, 1.165) is 37.5 Å². The summed E-state index contributed by atoms with van der Waals surface area (Å²) in [6, 6.07) is 20.6. The molecule has 1 heterocycles. The zero-order chi connectivity index (χ0) is 22.9. The highest BCUT2D eigenvalue weighted by atomic mass is 32.2. The van der Waals surface area contributed by atoms with Gasteiger partial charge in [-0.15, -0.1) is 0 Å². The number of aryl methyl sites for hydroxylation is 1. The van der Waals surface area contributed by atoms with E-state index in [1.165, 1.54) is 11.1 Å². The zero-order valence-corrected chi connectivity index (χ0v) is 19.5. The molecule has 0 radical (unpaired) electrons. The fraction of sp³-hybridized carbons (Fsp3) is 0.440. The fourth-order valence-electron chi connectivity index (χ4n) is 2.90. The van der Waals surface area contributed by atoms with E-state index in [1.807, 2.05) is 12.1 Å². The van der Waals surface area contributed by atoms with Gasteiger partial charge in [-0.2, -0.15) is 11.8 Å². The summed E-state index contributed by atoms with van der Waals surface area (Å²) in [6.45, 7) is 4.91. The second kappa shape index (κ2) is 16.3. The Morgan fingerprint density at radius 2 is 1.81 bits per heavy atom. The lowest BCUT2D eigenvalue weighted by molar-refractivity contribution is -0.128. The molecule has 0 aliphatic carbocycles. The van der Waals surface area contributed by atoms with Gasteiger partial charge in [-0.05, 0) is 30.9 Å². The lowest BCUT2D eigenvalue weighted by Crippen LogP contribution is -2.47. The number of benzene rings is 2. The first-order valence-corrected chi connectivity index (χ1v) is 12.2. The molecule has 7 heteroatoms. The van der Waals surface area contributed by atoms with Crippen LogP contribution >= 0.6 is 11.8 Å². The predicted octanol–water partition coefficient (Wildman–Crippen LogP) is 3.21. The average Bonchev–Trinajstić information content (AvgIpc) is 3.66. The lowest BCUT2D eigenvalue weighted by Gasteiger charge is -2.18. The highest BCUT2D eigenvalue weighted by Crippen LogP contribution is 2.14. The van der Waals surface area contributed by atoms with Crippen molar-refractivity contribution in [1.29, 1.82) is 0 Å². The molecule has 0 aromatic heterocycles. The molecule has 2 aromatic carbocycles. The van der Waals surface area contributed by atoms with Gasteiger partial charge in [0.05, 0.1) is 25.4 Å². The molecule has 2 unspecified atom stereocenters. The van der Waals surface area contributed by atoms with Crippen LogP contribution in [0.15, 0.2) is 60.7 Å². The van der Waals surface area contributed by atoms with E-state index >= 15 is 0 Å². The van der Waals surface area contributed by atoms with E-state index in [2.05, 4.69) is 63.9 Å². The Morgan fingerprint density at radius 3 is 2.38 bits per heavy atom. The number of carbonyl (C=O) groups excluding carboxylic acids is 2. The molecule has 0 saturated carbocycles. The Kier molecular flexibility index (Phi) is 13.2. The van der Waals surface area contributed by atoms with Crippen LogP contribution in [0, 0.1) is 0 Å². The summed E-state index contributed by atoms with van der Waals surface area (Å²) in [6.07, 6.45) is 2.21. The molecule has 32 heavy (non-hydrogen) atoms. The summed E-state index contributed by atoms with van der Waals surface area (Å²) in [4.78, 5) is 21.8. The van der Waals surface area contributed by atoms with Gasteiger partial charge in [-0.1, -0.05) is 60.7 Å². The Labute approximate surface area is 195 Å². The molecule has 174 valence electrons. The molecule has 1 aliphatic rings. The Hall–Kier alpha value is -2.35. The molecule has 1 fully saturated rings. The van der Waals surface area contributed by atoms with Crippen LogP contribution in [0.3, 0.4) is 0 Å². The van der Waals surface area contributed by atoms with Crippen molar-refractivity contribution in [3.8, 4) is 0 Å². The van der Waals surface area contributed by atoms with Gasteiger partial charge in [0.2, 0.25) is 5.91 Å². The van der Waals surface area contributed by atoms with E-state index in [1.54, 1.807) is 18.7 Å². The van der Waals surface area contributed by atoms with E-state index < -0.39 is 0 Å². The number of hydrogen-bond donors (Lipinski definition) is 2. The van der Waals surface area contributed by atoms with Gasteiger partial charge < -0.3 is 20.1 Å². The maximum absolute atomic E-state index is 12.6. The Morgan fingerprint density at radius 1 is 1.16 bits per heavy atom. The summed E-state index contributed by atoms with van der Waals surface area (Å²) < 4.78 is 9.41. The first-order chi connectivity index (χ1) is 15.7. The van der Waals surface area contributed by atoms with Gasteiger partial charge in [0.25, 0.3) is 6.47 Å². The summed E-state index contributed by atoms with van der Waals surface area (Å²) in [5.74, 6) is 1.76. The quantitative estimate of drug-likeness (QED) is 0.257. The van der Waals surface area contributed by atoms with Gasteiger partial charge in [0.15, 0.2) is 0 Å². The number of rotatable bonds is 14. The largest absolute Gasteiger partial charge is 0.468 e. The van der Waals surface area contributed by atoms with E-state index in [4.69, 9.17) is 4.74 Å². The first kappa shape index (κ1) is 25.9. The van der Waals surface area contributed by atoms with Crippen molar-refractivity contribution in [3.05, 3.63) is 71.8 Å². The van der Waals surface area contributed by atoms with Gasteiger partial charge in [-0.3, -0.25) is 9.59 Å². The topological polar surface area (TPSA) is 80.0 Å². The second-order valence-corrected chi connectivity index (χ2v) is 8.38. The van der Waals surface area contributed by atoms with Crippen LogP contribution in [0.1, 0.15) is 24.5 Å². The van der Waals surface area contributed by atoms with E-state index in [9.17, 15) is 9.59 Å². The van der Waals surface area contributed by atoms with Crippen molar-refractivity contribution in [1.82, 2.24) is 10.6 Å². The summed E-state index contributed by atoms with van der Waals surface area (Å²) in [7, 11) is 0. The molecule has 2 atom stereocenters. The second-order valence-electron chi connectivity index (χ2n) is 7.35. The van der Waals surface area contributed by atoms with Crippen LogP contribution in [-0.2, 0) is 31.2 Å². The monoisotopic (exact) mass is 458 g/mol. The molecule has 1 saturated heterocycles. The molecular formula is C25H34N2O4S. The van der Waals surface area contributed by atoms with Gasteiger partial charge in [0.1, 0.15) is 0 Å². The SMILES string of the molecule is CCOC=O.O=C(NCCCc1ccccc1)C(CSCc1ccccc1)NCC1CO1. The minimum Gasteiger partial charge on any atom is -0.468 e. The van der Waals surface area contributed by atoms with Crippen LogP contribution in [0.4, 0.5) is 0 Å². The minimum absolute atomic E-state index is 0.0873. The average molecular weight is 459 g/mol. The zero-order valence-electron chi connectivity index (χ0n) is 18.7. The third-order valence-electron chi connectivity index (χ3n) is 4.73. The maximum atomic E-state index is 12.6. The number of nitrogens with one attached hydrogen (secondary N) is 2. The number of amides is 1. The number of ether oxygens (including phenoxy) is 2. The molecule has 3 rings (SSSR count). The maximum Gasteiger partial charge on any atom is 0.293 e. The molecule has 1 aliphatic heterocycles. The highest BCUT2D eigenvalue weighted by molar-refractivity contribution is 7.98. The molecule has 2 N–H and O–H groups in total. The molecular weight excluding hydrogens is 424 g/mol. The first-order valence-electron chi connectivity index (χ1n) is 11.1. The lowest BCUT2D eigenvalue weighted by atomic mass is 10.1. The summed E-state index contributed by atoms with van der Waals surface area (Å²) in [5, 5.41) is 6.46. The van der Waals surface area contributed by atoms with Crippen LogP contribution in [0.2, 0.25) is 0 Å². The molecule has 0 spiro atoms. The van der Waals surface area contributed by atoms with Crippen LogP contribution in [-0.4, -0.2) is 56.6 Å². The molecule has 1 amide bonds. The number of thioether (sulfide) groups is 1. The van der Waals surface area contributed by atoms with Gasteiger partial charge in [-0.25, -0.2) is 0 Å². The standard InChI is InChI=1S/C22H28N2O2S.C3H6O2/c25-22(23-13-7-12-18-8-3-1-4-9-18)21(24-14-20-15-26-20)17-27-16-19-10-5-2-6-11-19;1-2-5-3-4/h1-6,8-11,20-21,24H,7,12-17H2,(H,23,25);3H,2H2,1H3. The minimum atomic E-state index is -0.181. The molecule has 2 aromatic rings. The van der Waals surface area contributed by atoms with Crippen molar-refractivity contribution in [2.45, 2.75) is 37.7 Å². The third-order valence-corrected chi connectivity index (χ3v) is 5.83. The van der Waals surface area contributed by atoms with Crippen molar-refractivity contribution < 1.29 is 19.1 Å². The molecule has 0 bridgehead atoms. The van der Waals surface area contributed by atoms with Crippen molar-refractivity contribution in [2.24, 2.45) is 0 Å². The Balaban J connectivity index is 0.000000654. The Bertz CT molecular complexity index is 757. The van der Waals surface area contributed by atoms with Crippen molar-refractivity contribution in [2.75, 3.05) is 32.1 Å². The van der Waals surface area contributed by atoms with Gasteiger partial charge >= 0.3 is 0 Å². The smallest absolute Gasteiger partial charge is 0.293 e. The number of carbonyl (C=O) groups is 2.